The summed E-state index contributed by atoms with van der Waals surface area (Å²) < 4.78 is 0. The third kappa shape index (κ3) is 4.78. The summed E-state index contributed by atoms with van der Waals surface area (Å²) >= 11 is 0. The van der Waals surface area contributed by atoms with Crippen molar-refractivity contribution in [2.24, 2.45) is 20.4 Å². The summed E-state index contributed by atoms with van der Waals surface area (Å²) in [5.74, 6) is 0. The SMILES string of the molecule is O=C=NN(N=C=O)c1ccccc1Cc1ccccc1N(N=C=O)N=C=O. The lowest BCUT2D eigenvalue weighted by Crippen LogP contribution is -2.12. The van der Waals surface area contributed by atoms with E-state index >= 15 is 0 Å². The molecule has 0 unspecified atom stereocenters. The summed E-state index contributed by atoms with van der Waals surface area (Å²) in [6, 6.07) is 13.4. The van der Waals surface area contributed by atoms with Crippen molar-refractivity contribution in [2.45, 2.75) is 6.42 Å². The Kier molecular flexibility index (Phi) is 6.83. The van der Waals surface area contributed by atoms with Crippen LogP contribution in [0.3, 0.4) is 0 Å². The fourth-order valence-corrected chi connectivity index (χ4v) is 2.33. The molecular weight excluding hydrogens is 352 g/mol. The number of para-hydroxylation sites is 2. The van der Waals surface area contributed by atoms with E-state index in [4.69, 9.17) is 0 Å². The molecule has 0 amide bonds. The zero-order valence-corrected chi connectivity index (χ0v) is 13.6. The van der Waals surface area contributed by atoms with E-state index in [0.717, 1.165) is 10.2 Å². The number of anilines is 2. The van der Waals surface area contributed by atoms with Crippen LogP contribution < -0.4 is 10.2 Å². The van der Waals surface area contributed by atoms with Crippen molar-refractivity contribution in [3.63, 3.8) is 0 Å². The van der Waals surface area contributed by atoms with Gasteiger partial charge in [-0.2, -0.15) is 0 Å². The molecule has 0 aliphatic carbocycles. The van der Waals surface area contributed by atoms with Crippen LogP contribution in [0.5, 0.6) is 0 Å². The molecule has 27 heavy (non-hydrogen) atoms. The Morgan fingerprint density at radius 2 is 0.926 bits per heavy atom. The first kappa shape index (κ1) is 18.9. The van der Waals surface area contributed by atoms with E-state index in [1.54, 1.807) is 48.5 Å². The van der Waals surface area contributed by atoms with Crippen LogP contribution >= 0.6 is 0 Å². The van der Waals surface area contributed by atoms with Crippen molar-refractivity contribution < 1.29 is 19.2 Å². The summed E-state index contributed by atoms with van der Waals surface area (Å²) in [4.78, 5) is 42.4. The number of rotatable bonds is 8. The van der Waals surface area contributed by atoms with Gasteiger partial charge in [0.2, 0.25) is 0 Å². The number of carbonyl (C=O) groups excluding carboxylic acids is 4. The Morgan fingerprint density at radius 3 is 1.26 bits per heavy atom. The quantitative estimate of drug-likeness (QED) is 0.401. The fraction of sp³-hybridized carbons (Fsp3) is 0.0588. The Hall–Kier alpha value is -4.44. The van der Waals surface area contributed by atoms with Crippen molar-refractivity contribution in [3.05, 3.63) is 59.7 Å². The Balaban J connectivity index is 2.53. The molecule has 0 fully saturated rings. The third-order valence-electron chi connectivity index (χ3n) is 3.34. The summed E-state index contributed by atoms with van der Waals surface area (Å²) in [7, 11) is 0. The zero-order chi connectivity index (χ0) is 19.5. The lowest BCUT2D eigenvalue weighted by atomic mass is 10.0. The molecule has 0 aliphatic heterocycles. The van der Waals surface area contributed by atoms with Gasteiger partial charge in [-0.3, -0.25) is 0 Å². The highest BCUT2D eigenvalue weighted by atomic mass is 16.1. The van der Waals surface area contributed by atoms with Crippen molar-refractivity contribution in [2.75, 3.05) is 10.2 Å². The minimum atomic E-state index is 0.241. The van der Waals surface area contributed by atoms with Gasteiger partial charge < -0.3 is 0 Å². The van der Waals surface area contributed by atoms with Crippen molar-refractivity contribution in [1.82, 2.24) is 0 Å². The predicted octanol–water partition coefficient (Wildman–Crippen LogP) is 1.89. The van der Waals surface area contributed by atoms with E-state index < -0.39 is 0 Å². The Labute approximate surface area is 152 Å². The molecule has 0 heterocycles. The summed E-state index contributed by atoms with van der Waals surface area (Å²) in [5, 5.41) is 15.0. The largest absolute Gasteiger partial charge is 0.260 e. The van der Waals surface area contributed by atoms with Gasteiger partial charge in [0.05, 0.1) is 11.4 Å². The summed E-state index contributed by atoms with van der Waals surface area (Å²) in [6.07, 6.45) is 5.48. The first-order valence-electron chi connectivity index (χ1n) is 7.32. The van der Waals surface area contributed by atoms with Gasteiger partial charge in [0.25, 0.3) is 24.3 Å². The number of nitrogens with zero attached hydrogens (tertiary/aromatic N) is 6. The summed E-state index contributed by atoms with van der Waals surface area (Å²) in [6.45, 7) is 0. The molecule has 2 rings (SSSR count). The molecular formula is C17H10N6O4. The second kappa shape index (κ2) is 9.76. The van der Waals surface area contributed by atoms with E-state index in [0.29, 0.717) is 22.5 Å². The van der Waals surface area contributed by atoms with E-state index in [2.05, 4.69) is 20.4 Å². The van der Waals surface area contributed by atoms with E-state index in [1.807, 2.05) is 0 Å². The minimum Gasteiger partial charge on any atom is -0.209 e. The lowest BCUT2D eigenvalue weighted by molar-refractivity contribution is 0.556. The number of benzene rings is 2. The molecule has 0 aliphatic rings. The van der Waals surface area contributed by atoms with E-state index in [-0.39, 0.29) is 6.42 Å². The van der Waals surface area contributed by atoms with Crippen LogP contribution in [0.4, 0.5) is 11.4 Å². The first-order valence-corrected chi connectivity index (χ1v) is 7.32. The highest BCUT2D eigenvalue weighted by Gasteiger charge is 2.15. The first-order chi connectivity index (χ1) is 13.2. The normalized spacial score (nSPS) is 8.89. The standard InChI is InChI=1S/C17H10N6O4/c24-10-18-22(19-11-25)16-7-3-1-5-14(16)9-15-6-2-4-8-17(15)23(20-12-26)21-13-27/h1-8H,9H2. The third-order valence-corrected chi connectivity index (χ3v) is 3.34. The average molecular weight is 362 g/mol. The van der Waals surface area contributed by atoms with Crippen LogP contribution in [0.15, 0.2) is 68.9 Å². The fourth-order valence-electron chi connectivity index (χ4n) is 2.33. The maximum absolute atomic E-state index is 10.6. The molecule has 2 aromatic rings. The van der Waals surface area contributed by atoms with Gasteiger partial charge in [-0.25, -0.2) is 19.2 Å². The van der Waals surface area contributed by atoms with Gasteiger partial charge in [-0.1, -0.05) is 56.8 Å². The Bertz CT molecular complexity index is 896. The molecule has 0 bridgehead atoms. The van der Waals surface area contributed by atoms with E-state index in [9.17, 15) is 19.2 Å². The van der Waals surface area contributed by atoms with Crippen LogP contribution in [-0.4, -0.2) is 24.3 Å². The predicted molar refractivity (Wildman–Crippen MR) is 93.1 cm³/mol. The highest BCUT2D eigenvalue weighted by molar-refractivity contribution is 5.62. The number of hydrogen-bond acceptors (Lipinski definition) is 10. The maximum Gasteiger partial charge on any atom is 0.260 e. The lowest BCUT2D eigenvalue weighted by Gasteiger charge is -2.17. The minimum absolute atomic E-state index is 0.241. The maximum atomic E-state index is 10.6. The van der Waals surface area contributed by atoms with Crippen molar-refractivity contribution in [3.8, 4) is 0 Å². The second-order valence-electron chi connectivity index (χ2n) is 4.78. The Morgan fingerprint density at radius 1 is 0.593 bits per heavy atom. The summed E-state index contributed by atoms with van der Waals surface area (Å²) in [5.41, 5.74) is 1.91. The molecule has 10 heteroatoms. The van der Waals surface area contributed by atoms with Crippen LogP contribution in [0.2, 0.25) is 0 Å². The topological polar surface area (TPSA) is 124 Å². The molecule has 0 saturated carbocycles. The van der Waals surface area contributed by atoms with Crippen LogP contribution in [0, 0.1) is 0 Å². The smallest absolute Gasteiger partial charge is 0.209 e. The zero-order valence-electron chi connectivity index (χ0n) is 13.6. The average Bonchev–Trinajstić information content (AvgIpc) is 2.69. The van der Waals surface area contributed by atoms with Gasteiger partial charge in [0, 0.05) is 6.42 Å². The van der Waals surface area contributed by atoms with Gasteiger partial charge in [0.15, 0.2) is 0 Å². The molecule has 0 radical (unpaired) electrons. The van der Waals surface area contributed by atoms with Crippen molar-refractivity contribution in [1.29, 1.82) is 0 Å². The molecule has 0 saturated heterocycles. The molecule has 10 nitrogen and oxygen atoms in total. The van der Waals surface area contributed by atoms with Crippen LogP contribution in [0.25, 0.3) is 0 Å². The number of hydrogen-bond donors (Lipinski definition) is 0. The monoisotopic (exact) mass is 362 g/mol. The van der Waals surface area contributed by atoms with Gasteiger partial charge in [-0.05, 0) is 23.3 Å². The second-order valence-corrected chi connectivity index (χ2v) is 4.78. The molecule has 0 N–H and O–H groups in total. The number of hydrazone groups is 4. The van der Waals surface area contributed by atoms with Crippen LogP contribution in [0.1, 0.15) is 11.1 Å². The van der Waals surface area contributed by atoms with Crippen molar-refractivity contribution >= 4 is 35.7 Å². The van der Waals surface area contributed by atoms with E-state index in [1.165, 1.54) is 24.3 Å². The molecule has 0 spiro atoms. The van der Waals surface area contributed by atoms with Gasteiger partial charge in [0.1, 0.15) is 0 Å². The van der Waals surface area contributed by atoms with Crippen LogP contribution in [-0.2, 0) is 25.6 Å². The number of isocyanates is 4. The molecule has 132 valence electrons. The molecule has 0 aromatic heterocycles. The molecule has 0 atom stereocenters. The highest BCUT2D eigenvalue weighted by Crippen LogP contribution is 2.28. The van der Waals surface area contributed by atoms with Gasteiger partial charge >= 0.3 is 0 Å². The van der Waals surface area contributed by atoms with Gasteiger partial charge in [-0.15, -0.1) is 10.2 Å². The molecule has 2 aromatic carbocycles.